The van der Waals surface area contributed by atoms with Gasteiger partial charge in [-0.3, -0.25) is 4.79 Å². The summed E-state index contributed by atoms with van der Waals surface area (Å²) in [7, 11) is -2.54. The molecule has 1 heterocycles. The minimum absolute atomic E-state index is 0.0595. The zero-order valence-corrected chi connectivity index (χ0v) is 24.0. The number of benzene rings is 3. The van der Waals surface area contributed by atoms with E-state index in [1.807, 2.05) is 55.5 Å². The van der Waals surface area contributed by atoms with Gasteiger partial charge in [0, 0.05) is 12.0 Å². The van der Waals surface area contributed by atoms with Gasteiger partial charge in [0.05, 0.1) is 12.0 Å². The molecule has 0 spiro atoms. The van der Waals surface area contributed by atoms with Gasteiger partial charge in [0.1, 0.15) is 18.4 Å². The quantitative estimate of drug-likeness (QED) is 0.353. The van der Waals surface area contributed by atoms with Gasteiger partial charge in [-0.15, -0.1) is 0 Å². The Morgan fingerprint density at radius 1 is 0.949 bits per heavy atom. The lowest BCUT2D eigenvalue weighted by Crippen LogP contribution is -2.45. The highest BCUT2D eigenvalue weighted by molar-refractivity contribution is 7.89. The number of fused-ring (bicyclic) bond motifs is 1. The van der Waals surface area contributed by atoms with Gasteiger partial charge >= 0.3 is 5.97 Å². The fourth-order valence-corrected chi connectivity index (χ4v) is 6.71. The average molecular weight is 554 g/mol. The van der Waals surface area contributed by atoms with Gasteiger partial charge in [0.25, 0.3) is 0 Å². The Balaban J connectivity index is 1.67. The lowest BCUT2D eigenvalue weighted by molar-refractivity contribution is -0.148. The van der Waals surface area contributed by atoms with Gasteiger partial charge in [-0.25, -0.2) is 8.42 Å². The second-order valence-corrected chi connectivity index (χ2v) is 11.7. The standard InChI is InChI=1S/C30H35NO7S/c1-18(2)27(30(32)36-16-22-10-8-7-9-11-22)31-39(33,34)29-20(4)19(3)28(35-6)24(21(29)5)14-23-12-13-25-26(15-23)38-17-37-25/h7-13,15,18,27,31H,14,16-17H2,1-6H3/t27-/m1/s1. The first-order valence-corrected chi connectivity index (χ1v) is 14.3. The highest BCUT2D eigenvalue weighted by Gasteiger charge is 2.33. The molecule has 0 aromatic heterocycles. The molecule has 3 aromatic rings. The number of hydrogen-bond donors (Lipinski definition) is 1. The number of hydrogen-bond acceptors (Lipinski definition) is 7. The number of carbonyl (C=O) groups is 1. The zero-order valence-electron chi connectivity index (χ0n) is 23.2. The van der Waals surface area contributed by atoms with Crippen molar-refractivity contribution in [2.75, 3.05) is 13.9 Å². The Hall–Kier alpha value is -3.56. The Morgan fingerprint density at radius 2 is 1.64 bits per heavy atom. The predicted molar refractivity (Wildman–Crippen MR) is 148 cm³/mol. The highest BCUT2D eigenvalue weighted by Crippen LogP contribution is 2.39. The SMILES string of the molecule is COc1c(C)c(C)c(S(=O)(=O)N[C@@H](C(=O)OCc2ccccc2)C(C)C)c(C)c1Cc1ccc2c(c1)OCO2. The molecule has 1 N–H and O–H groups in total. The minimum Gasteiger partial charge on any atom is -0.496 e. The van der Waals surface area contributed by atoms with Crippen LogP contribution in [0, 0.1) is 26.7 Å². The number of nitrogens with one attached hydrogen (secondary N) is 1. The number of rotatable bonds is 10. The molecule has 39 heavy (non-hydrogen) atoms. The topological polar surface area (TPSA) is 100 Å². The molecule has 3 aromatic carbocycles. The third-order valence-electron chi connectivity index (χ3n) is 7.03. The number of ether oxygens (including phenoxy) is 4. The maximum Gasteiger partial charge on any atom is 0.324 e. The van der Waals surface area contributed by atoms with Crippen LogP contribution < -0.4 is 18.9 Å². The van der Waals surface area contributed by atoms with Crippen molar-refractivity contribution in [3.63, 3.8) is 0 Å². The van der Waals surface area contributed by atoms with Crippen LogP contribution in [-0.2, 0) is 32.6 Å². The molecule has 4 rings (SSSR count). The maximum atomic E-state index is 13.9. The lowest BCUT2D eigenvalue weighted by atomic mass is 9.94. The van der Waals surface area contributed by atoms with Gasteiger partial charge in [-0.05, 0) is 66.6 Å². The van der Waals surface area contributed by atoms with Crippen molar-refractivity contribution >= 4 is 16.0 Å². The van der Waals surface area contributed by atoms with Crippen LogP contribution in [-0.4, -0.2) is 34.3 Å². The molecule has 0 saturated carbocycles. The molecule has 1 atom stereocenters. The molecule has 0 bridgehead atoms. The normalized spacial score (nSPS) is 13.4. The summed E-state index contributed by atoms with van der Waals surface area (Å²) < 4.78 is 52.6. The second-order valence-electron chi connectivity index (χ2n) is 10.0. The molecule has 9 heteroatoms. The summed E-state index contributed by atoms with van der Waals surface area (Å²) in [6.07, 6.45) is 0.419. The van der Waals surface area contributed by atoms with Gasteiger partial charge in [0.15, 0.2) is 11.5 Å². The average Bonchev–Trinajstić information content (AvgIpc) is 3.37. The number of sulfonamides is 1. The minimum atomic E-state index is -4.12. The van der Waals surface area contributed by atoms with E-state index in [1.54, 1.807) is 34.8 Å². The molecule has 0 saturated heterocycles. The van der Waals surface area contributed by atoms with Crippen LogP contribution >= 0.6 is 0 Å². The molecule has 208 valence electrons. The summed E-state index contributed by atoms with van der Waals surface area (Å²) in [5, 5.41) is 0. The molecular weight excluding hydrogens is 518 g/mol. The fourth-order valence-electron chi connectivity index (χ4n) is 4.80. The first-order chi connectivity index (χ1) is 18.5. The van der Waals surface area contributed by atoms with Gasteiger partial charge in [0.2, 0.25) is 16.8 Å². The summed E-state index contributed by atoms with van der Waals surface area (Å²) in [5.41, 5.74) is 4.32. The molecule has 1 aliphatic rings. The lowest BCUT2D eigenvalue weighted by Gasteiger charge is -2.25. The second kappa shape index (κ2) is 11.7. The van der Waals surface area contributed by atoms with Crippen molar-refractivity contribution in [1.82, 2.24) is 4.72 Å². The number of esters is 1. The van der Waals surface area contributed by atoms with E-state index in [0.717, 1.165) is 16.7 Å². The van der Waals surface area contributed by atoms with E-state index in [4.69, 9.17) is 18.9 Å². The highest BCUT2D eigenvalue weighted by atomic mass is 32.2. The molecule has 8 nitrogen and oxygen atoms in total. The van der Waals surface area contributed by atoms with E-state index in [2.05, 4.69) is 4.72 Å². The Bertz CT molecular complexity index is 1470. The molecular formula is C30H35NO7S. The zero-order chi connectivity index (χ0) is 28.3. The van der Waals surface area contributed by atoms with Crippen molar-refractivity contribution < 1.29 is 32.2 Å². The molecule has 0 aliphatic carbocycles. The summed E-state index contributed by atoms with van der Waals surface area (Å²) >= 11 is 0. The van der Waals surface area contributed by atoms with E-state index in [-0.39, 0.29) is 24.2 Å². The first kappa shape index (κ1) is 28.4. The summed E-state index contributed by atoms with van der Waals surface area (Å²) in [6.45, 7) is 9.14. The molecule has 0 fully saturated rings. The first-order valence-electron chi connectivity index (χ1n) is 12.8. The number of methoxy groups -OCH3 is 1. The van der Waals surface area contributed by atoms with E-state index in [9.17, 15) is 13.2 Å². The van der Waals surface area contributed by atoms with Crippen molar-refractivity contribution in [3.8, 4) is 17.2 Å². The third-order valence-corrected chi connectivity index (χ3v) is 8.74. The van der Waals surface area contributed by atoms with Crippen LogP contribution in [0.3, 0.4) is 0 Å². The van der Waals surface area contributed by atoms with Crippen LogP contribution in [0.15, 0.2) is 53.4 Å². The van der Waals surface area contributed by atoms with E-state index < -0.39 is 22.0 Å². The van der Waals surface area contributed by atoms with Crippen molar-refractivity contribution in [3.05, 3.63) is 81.9 Å². The Morgan fingerprint density at radius 3 is 2.31 bits per heavy atom. The molecule has 1 aliphatic heterocycles. The van der Waals surface area contributed by atoms with Gasteiger partial charge in [-0.2, -0.15) is 4.72 Å². The van der Waals surface area contributed by atoms with Gasteiger partial charge < -0.3 is 18.9 Å². The summed E-state index contributed by atoms with van der Waals surface area (Å²) in [5.74, 6) is 0.990. The summed E-state index contributed by atoms with van der Waals surface area (Å²) in [6, 6.07) is 13.9. The third kappa shape index (κ3) is 6.04. The van der Waals surface area contributed by atoms with Crippen molar-refractivity contribution in [2.45, 2.75) is 58.6 Å². The Kier molecular flexibility index (Phi) is 8.51. The molecule has 0 radical (unpaired) electrons. The smallest absolute Gasteiger partial charge is 0.324 e. The molecule has 0 unspecified atom stereocenters. The monoisotopic (exact) mass is 553 g/mol. The fraction of sp³-hybridized carbons (Fsp3) is 0.367. The van der Waals surface area contributed by atoms with E-state index in [1.165, 1.54) is 0 Å². The van der Waals surface area contributed by atoms with Crippen molar-refractivity contribution in [1.29, 1.82) is 0 Å². The van der Waals surface area contributed by atoms with E-state index in [0.29, 0.717) is 40.4 Å². The van der Waals surface area contributed by atoms with Crippen LogP contribution in [0.1, 0.15) is 47.2 Å². The number of carbonyl (C=O) groups excluding carboxylic acids is 1. The maximum absolute atomic E-state index is 13.9. The van der Waals surface area contributed by atoms with Gasteiger partial charge in [-0.1, -0.05) is 50.2 Å². The van der Waals surface area contributed by atoms with E-state index >= 15 is 0 Å². The van der Waals surface area contributed by atoms with Crippen LogP contribution in [0.2, 0.25) is 0 Å². The van der Waals surface area contributed by atoms with Crippen molar-refractivity contribution in [2.24, 2.45) is 5.92 Å². The van der Waals surface area contributed by atoms with Crippen LogP contribution in [0.5, 0.6) is 17.2 Å². The largest absolute Gasteiger partial charge is 0.496 e. The Labute approximate surface area is 230 Å². The van der Waals surface area contributed by atoms with Crippen LogP contribution in [0.4, 0.5) is 0 Å². The summed E-state index contributed by atoms with van der Waals surface area (Å²) in [4.78, 5) is 13.2. The molecule has 0 amide bonds. The van der Waals surface area contributed by atoms with Crippen LogP contribution in [0.25, 0.3) is 0 Å². The predicted octanol–water partition coefficient (Wildman–Crippen LogP) is 4.99.